The molecule has 0 spiro atoms. The third kappa shape index (κ3) is 8.77. The number of morpholine rings is 1. The summed E-state index contributed by atoms with van der Waals surface area (Å²) in [6, 6.07) is 0. The fourth-order valence-corrected chi connectivity index (χ4v) is 3.17. The average molecular weight is 307 g/mol. The molecule has 1 heterocycles. The molecule has 1 fully saturated rings. The summed E-state index contributed by atoms with van der Waals surface area (Å²) < 4.78 is 37.0. The second-order valence-corrected chi connectivity index (χ2v) is 6.58. The summed E-state index contributed by atoms with van der Waals surface area (Å²) in [6.07, 6.45) is 0.348. The van der Waals surface area contributed by atoms with Crippen LogP contribution >= 0.6 is 24.0 Å². The maximum atomic E-state index is 10.4. The van der Waals surface area contributed by atoms with Crippen molar-refractivity contribution in [3.05, 3.63) is 0 Å². The predicted molar refractivity (Wildman–Crippen MR) is 66.6 cm³/mol. The molecule has 5 nitrogen and oxygen atoms in total. The van der Waals surface area contributed by atoms with Crippen molar-refractivity contribution in [2.45, 2.75) is 6.42 Å². The van der Waals surface area contributed by atoms with Gasteiger partial charge in [0.05, 0.1) is 23.3 Å². The Kier molecular flexibility index (Phi) is 9.68. The van der Waals surface area contributed by atoms with Crippen LogP contribution in [0, 0.1) is 0 Å². The van der Waals surface area contributed by atoms with Gasteiger partial charge in [-0.1, -0.05) is 24.0 Å². The van der Waals surface area contributed by atoms with Gasteiger partial charge in [0, 0.05) is 24.6 Å². The van der Waals surface area contributed by atoms with Gasteiger partial charge >= 0.3 is 29.6 Å². The monoisotopic (exact) mass is 307 g/mol. The molecule has 0 bridgehead atoms. The Hall–Kier alpha value is 1.11. The van der Waals surface area contributed by atoms with E-state index in [0.717, 1.165) is 17.4 Å². The smallest absolute Gasteiger partial charge is 0.748 e. The first-order chi connectivity index (χ1) is 7.49. The van der Waals surface area contributed by atoms with E-state index >= 15 is 0 Å². The Morgan fingerprint density at radius 3 is 2.53 bits per heavy atom. The molecule has 94 valence electrons. The summed E-state index contributed by atoms with van der Waals surface area (Å²) in [7, 11) is -4.09. The van der Waals surface area contributed by atoms with Crippen molar-refractivity contribution in [3.63, 3.8) is 0 Å². The summed E-state index contributed by atoms with van der Waals surface area (Å²) in [5, 5.41) is 0. The van der Waals surface area contributed by atoms with E-state index in [4.69, 9.17) is 17.0 Å². The summed E-state index contributed by atoms with van der Waals surface area (Å²) in [5.41, 5.74) is 0. The van der Waals surface area contributed by atoms with Gasteiger partial charge in [-0.25, -0.2) is 8.42 Å². The van der Waals surface area contributed by atoms with Crippen LogP contribution in [0.15, 0.2) is 0 Å². The molecule has 1 rings (SSSR count). The van der Waals surface area contributed by atoms with Crippen LogP contribution < -0.4 is 29.6 Å². The topological polar surface area (TPSA) is 69.7 Å². The van der Waals surface area contributed by atoms with Gasteiger partial charge in [0.15, 0.2) is 0 Å². The van der Waals surface area contributed by atoms with E-state index in [2.05, 4.69) is 0 Å². The summed E-state index contributed by atoms with van der Waals surface area (Å²) >= 11 is 6.61. The van der Waals surface area contributed by atoms with Crippen molar-refractivity contribution in [1.29, 1.82) is 0 Å². The standard InChI is InChI=1S/C8H15NO4S3.Na/c10-16(11,12)7-1-6-15-8(14)9-2-4-13-5-3-9;/h1-7H2,(H,10,11,12);/q;+1/p-1. The molecule has 0 aromatic heterocycles. The van der Waals surface area contributed by atoms with Gasteiger partial charge in [0.1, 0.15) is 4.32 Å². The van der Waals surface area contributed by atoms with Crippen LogP contribution in [0.2, 0.25) is 0 Å². The fourth-order valence-electron chi connectivity index (χ4n) is 1.23. The number of hydrogen-bond acceptors (Lipinski definition) is 6. The minimum absolute atomic E-state index is 0. The maximum Gasteiger partial charge on any atom is 1.00 e. The van der Waals surface area contributed by atoms with E-state index in [-0.39, 0.29) is 35.3 Å². The zero-order chi connectivity index (χ0) is 12.0. The number of thioether (sulfide) groups is 1. The van der Waals surface area contributed by atoms with E-state index in [9.17, 15) is 13.0 Å². The quantitative estimate of drug-likeness (QED) is 0.242. The van der Waals surface area contributed by atoms with E-state index in [1.54, 1.807) is 0 Å². The second-order valence-electron chi connectivity index (χ2n) is 3.33. The van der Waals surface area contributed by atoms with Crippen LogP contribution in [0.4, 0.5) is 0 Å². The molecule has 17 heavy (non-hydrogen) atoms. The largest absolute Gasteiger partial charge is 1.00 e. The van der Waals surface area contributed by atoms with Gasteiger partial charge in [-0.05, 0) is 6.42 Å². The number of rotatable bonds is 4. The molecule has 0 amide bonds. The first kappa shape index (κ1) is 18.1. The van der Waals surface area contributed by atoms with Crippen LogP contribution in [0.5, 0.6) is 0 Å². The van der Waals surface area contributed by atoms with Crippen LogP contribution in [0.25, 0.3) is 0 Å². The zero-order valence-electron chi connectivity index (χ0n) is 9.75. The van der Waals surface area contributed by atoms with Gasteiger partial charge in [-0.3, -0.25) is 0 Å². The molecular weight excluding hydrogens is 293 g/mol. The summed E-state index contributed by atoms with van der Waals surface area (Å²) in [5.74, 6) is 0.253. The molecule has 1 saturated heterocycles. The Morgan fingerprint density at radius 2 is 2.00 bits per heavy atom. The molecule has 0 aliphatic carbocycles. The van der Waals surface area contributed by atoms with Crippen molar-refractivity contribution in [1.82, 2.24) is 4.90 Å². The third-order valence-electron chi connectivity index (χ3n) is 2.03. The Morgan fingerprint density at radius 1 is 1.41 bits per heavy atom. The molecule has 1 aliphatic heterocycles. The minimum Gasteiger partial charge on any atom is -0.748 e. The fraction of sp³-hybridized carbons (Fsp3) is 0.875. The predicted octanol–water partition coefficient (Wildman–Crippen LogP) is -2.72. The first-order valence-corrected chi connectivity index (χ1v) is 7.89. The number of thiocarbonyl (C=S) groups is 1. The van der Waals surface area contributed by atoms with Crippen molar-refractivity contribution in [2.75, 3.05) is 37.8 Å². The average Bonchev–Trinajstić information content (AvgIpc) is 2.24. The zero-order valence-corrected chi connectivity index (χ0v) is 14.2. The van der Waals surface area contributed by atoms with Crippen molar-refractivity contribution in [2.24, 2.45) is 0 Å². The first-order valence-electron chi connectivity index (χ1n) is 4.92. The van der Waals surface area contributed by atoms with Crippen LogP contribution in [-0.2, 0) is 14.9 Å². The third-order valence-corrected chi connectivity index (χ3v) is 4.43. The van der Waals surface area contributed by atoms with E-state index in [1.807, 2.05) is 4.90 Å². The molecule has 0 aromatic rings. The molecule has 0 atom stereocenters. The molecule has 0 N–H and O–H groups in total. The summed E-state index contributed by atoms with van der Waals surface area (Å²) in [6.45, 7) is 2.92. The normalized spacial score (nSPS) is 16.4. The summed E-state index contributed by atoms with van der Waals surface area (Å²) in [4.78, 5) is 2.04. The molecule has 0 saturated carbocycles. The Balaban J connectivity index is 0.00000256. The van der Waals surface area contributed by atoms with Crippen LogP contribution in [-0.4, -0.2) is 60.0 Å². The molecule has 1 aliphatic rings. The van der Waals surface area contributed by atoms with Gasteiger partial charge in [0.2, 0.25) is 0 Å². The van der Waals surface area contributed by atoms with Gasteiger partial charge in [0.25, 0.3) is 0 Å². The molecule has 9 heteroatoms. The Bertz CT molecular complexity index is 330. The van der Waals surface area contributed by atoms with Gasteiger partial charge in [-0.2, -0.15) is 0 Å². The van der Waals surface area contributed by atoms with Crippen molar-refractivity contribution < 1.29 is 47.3 Å². The second kappa shape index (κ2) is 9.08. The molecule has 0 radical (unpaired) electrons. The minimum atomic E-state index is -4.09. The van der Waals surface area contributed by atoms with E-state index in [1.165, 1.54) is 11.8 Å². The molecule has 0 unspecified atom stereocenters. The number of ether oxygens (including phenoxy) is 1. The Labute approximate surface area is 134 Å². The molecular formula is C8H14NNaO4S3. The number of nitrogens with zero attached hydrogens (tertiary/aromatic N) is 1. The van der Waals surface area contributed by atoms with Gasteiger partial charge in [-0.15, -0.1) is 0 Å². The van der Waals surface area contributed by atoms with Gasteiger partial charge < -0.3 is 14.2 Å². The van der Waals surface area contributed by atoms with Crippen molar-refractivity contribution in [3.8, 4) is 0 Å². The van der Waals surface area contributed by atoms with E-state index in [0.29, 0.717) is 25.4 Å². The SMILES string of the molecule is O=S(=O)([O-])CCCSC(=S)N1CCOCC1.[Na+]. The van der Waals surface area contributed by atoms with Crippen molar-refractivity contribution >= 4 is 38.4 Å². The maximum absolute atomic E-state index is 10.4. The van der Waals surface area contributed by atoms with Crippen LogP contribution in [0.3, 0.4) is 0 Å². The van der Waals surface area contributed by atoms with E-state index < -0.39 is 10.1 Å². The van der Waals surface area contributed by atoms with Crippen LogP contribution in [0.1, 0.15) is 6.42 Å². The molecule has 0 aromatic carbocycles. The number of hydrogen-bond donors (Lipinski definition) is 0.